The van der Waals surface area contributed by atoms with Crippen LogP contribution in [0.5, 0.6) is 0 Å². The topological polar surface area (TPSA) is 74.9 Å². The van der Waals surface area contributed by atoms with Gasteiger partial charge in [-0.15, -0.1) is 5.06 Å². The van der Waals surface area contributed by atoms with Crippen LogP contribution < -0.4 is 0 Å². The van der Waals surface area contributed by atoms with Crippen molar-refractivity contribution in [3.05, 3.63) is 0 Å². The lowest BCUT2D eigenvalue weighted by molar-refractivity contribution is -0.137. The summed E-state index contributed by atoms with van der Waals surface area (Å²) in [6.45, 7) is 1.83. The number of nitrogens with zero attached hydrogens (tertiary/aromatic N) is 3. The smallest absolute Gasteiger partial charge is 0.371 e. The summed E-state index contributed by atoms with van der Waals surface area (Å²) in [6, 6.07) is 1.57. The third-order valence-corrected chi connectivity index (χ3v) is 0.870. The number of carbonyl (C=O) groups is 1. The molecule has 0 saturated carbocycles. The molecule has 13 heavy (non-hydrogen) atoms. The Balaban J connectivity index is 4.26. The quantitative estimate of drug-likeness (QED) is 0.348. The number of esters is 1. The van der Waals surface area contributed by atoms with E-state index >= 15 is 0 Å². The van der Waals surface area contributed by atoms with E-state index in [4.69, 9.17) is 5.26 Å². The van der Waals surface area contributed by atoms with Crippen LogP contribution in [0.25, 0.3) is 0 Å². The van der Waals surface area contributed by atoms with Crippen molar-refractivity contribution in [2.75, 3.05) is 20.7 Å². The molecule has 0 saturated heterocycles. The molecule has 0 heterocycles. The molecule has 72 valence electrons. The van der Waals surface area contributed by atoms with E-state index in [2.05, 4.69) is 14.8 Å². The van der Waals surface area contributed by atoms with Crippen LogP contribution in [0.4, 0.5) is 0 Å². The molecule has 0 rings (SSSR count). The van der Waals surface area contributed by atoms with E-state index in [-0.39, 0.29) is 6.61 Å². The first-order valence-corrected chi connectivity index (χ1v) is 3.61. The second-order valence-electron chi connectivity index (χ2n) is 2.17. The third-order valence-electron chi connectivity index (χ3n) is 0.870. The van der Waals surface area contributed by atoms with Crippen molar-refractivity contribution in [3.8, 4) is 6.07 Å². The zero-order valence-corrected chi connectivity index (χ0v) is 7.77. The first-order chi connectivity index (χ1) is 6.11. The van der Waals surface area contributed by atoms with Crippen LogP contribution in [0, 0.1) is 11.3 Å². The lowest BCUT2D eigenvalue weighted by Crippen LogP contribution is -2.18. The summed E-state index contributed by atoms with van der Waals surface area (Å²) in [7, 11) is 3.15. The zero-order chi connectivity index (χ0) is 10.3. The van der Waals surface area contributed by atoms with Gasteiger partial charge in [-0.2, -0.15) is 5.26 Å². The molecule has 0 aliphatic heterocycles. The lowest BCUT2D eigenvalue weighted by atomic mass is 10.4. The van der Waals surface area contributed by atoms with Gasteiger partial charge in [-0.25, -0.2) is 4.79 Å². The molecule has 6 heteroatoms. The van der Waals surface area contributed by atoms with Gasteiger partial charge >= 0.3 is 5.97 Å². The molecule has 0 bridgehead atoms. The fourth-order valence-electron chi connectivity index (χ4n) is 0.425. The molecule has 0 amide bonds. The van der Waals surface area contributed by atoms with E-state index in [1.165, 1.54) is 5.06 Å². The Hall–Kier alpha value is -1.61. The van der Waals surface area contributed by atoms with Gasteiger partial charge < -0.3 is 4.74 Å². The molecule has 0 fully saturated rings. The summed E-state index contributed by atoms with van der Waals surface area (Å²) in [6.07, 6.45) is 0. The normalized spacial score (nSPS) is 10.8. The molecule has 0 unspecified atom stereocenters. The van der Waals surface area contributed by atoms with Gasteiger partial charge in [0.25, 0.3) is 5.71 Å². The Morgan fingerprint density at radius 2 is 2.23 bits per heavy atom. The van der Waals surface area contributed by atoms with Crippen molar-refractivity contribution in [2.45, 2.75) is 6.92 Å². The maximum Gasteiger partial charge on any atom is 0.371 e. The van der Waals surface area contributed by atoms with Gasteiger partial charge in [-0.3, -0.25) is 4.94 Å². The summed E-state index contributed by atoms with van der Waals surface area (Å²) >= 11 is 0. The first kappa shape index (κ1) is 11.4. The summed E-state index contributed by atoms with van der Waals surface area (Å²) in [4.78, 5) is 15.5. The molecule has 0 aromatic heterocycles. The van der Waals surface area contributed by atoms with Crippen LogP contribution in [0.3, 0.4) is 0 Å². The SMILES string of the molecule is CCOC(=O)/C(C#N)=N/ON(C)C. The van der Waals surface area contributed by atoms with E-state index in [0.717, 1.165) is 0 Å². The van der Waals surface area contributed by atoms with Gasteiger partial charge in [-0.1, -0.05) is 0 Å². The van der Waals surface area contributed by atoms with Crippen LogP contribution in [0.1, 0.15) is 6.92 Å². The van der Waals surface area contributed by atoms with Gasteiger partial charge in [0.1, 0.15) is 6.07 Å². The van der Waals surface area contributed by atoms with Crippen molar-refractivity contribution >= 4 is 11.7 Å². The van der Waals surface area contributed by atoms with E-state index in [0.29, 0.717) is 0 Å². The van der Waals surface area contributed by atoms with E-state index < -0.39 is 11.7 Å². The Morgan fingerprint density at radius 3 is 2.62 bits per heavy atom. The van der Waals surface area contributed by atoms with Crippen molar-refractivity contribution < 1.29 is 14.5 Å². The predicted octanol–water partition coefficient (Wildman–Crippen LogP) is -0.0777. The molecule has 6 nitrogen and oxygen atoms in total. The van der Waals surface area contributed by atoms with Crippen LogP contribution in [-0.4, -0.2) is 37.4 Å². The molecule has 0 spiro atoms. The summed E-state index contributed by atoms with van der Waals surface area (Å²) < 4.78 is 4.54. The third kappa shape index (κ3) is 4.76. The standard InChI is InChI=1S/C7H11N3O3/c1-4-12-7(11)6(5-8)9-13-10(2)3/h4H2,1-3H3/b9-6+. The Bertz CT molecular complexity index is 242. The minimum absolute atomic E-state index is 0.196. The average molecular weight is 185 g/mol. The predicted molar refractivity (Wildman–Crippen MR) is 44.5 cm³/mol. The minimum Gasteiger partial charge on any atom is -0.461 e. The maximum atomic E-state index is 10.9. The lowest BCUT2D eigenvalue weighted by Gasteiger charge is -2.04. The zero-order valence-electron chi connectivity index (χ0n) is 7.77. The number of carbonyl (C=O) groups excluding carboxylic acids is 1. The molecule has 0 aromatic carbocycles. The summed E-state index contributed by atoms with van der Waals surface area (Å²) in [5, 5.41) is 13.0. The van der Waals surface area contributed by atoms with Gasteiger partial charge in [-0.05, 0) is 12.1 Å². The molecular weight excluding hydrogens is 174 g/mol. The average Bonchev–Trinajstić information content (AvgIpc) is 2.05. The van der Waals surface area contributed by atoms with Crippen LogP contribution in [0.15, 0.2) is 5.16 Å². The molecular formula is C7H11N3O3. The number of hydrogen-bond donors (Lipinski definition) is 0. The highest BCUT2D eigenvalue weighted by molar-refractivity contribution is 6.42. The van der Waals surface area contributed by atoms with Gasteiger partial charge in [0.05, 0.1) is 6.61 Å². The number of oxime groups is 1. The highest BCUT2D eigenvalue weighted by Gasteiger charge is 2.12. The number of hydroxylamine groups is 2. The molecule has 0 N–H and O–H groups in total. The number of ether oxygens (including phenoxy) is 1. The Labute approximate surface area is 76.3 Å². The van der Waals surface area contributed by atoms with Gasteiger partial charge in [0.15, 0.2) is 0 Å². The Kier molecular flexibility index (Phi) is 5.23. The summed E-state index contributed by atoms with van der Waals surface area (Å²) in [5.74, 6) is -0.785. The number of nitriles is 1. The Morgan fingerprint density at radius 1 is 1.62 bits per heavy atom. The fraction of sp³-hybridized carbons (Fsp3) is 0.571. The number of rotatable bonds is 4. The first-order valence-electron chi connectivity index (χ1n) is 3.61. The van der Waals surface area contributed by atoms with Gasteiger partial charge in [0.2, 0.25) is 0 Å². The van der Waals surface area contributed by atoms with E-state index in [9.17, 15) is 4.79 Å². The second kappa shape index (κ2) is 5.97. The largest absolute Gasteiger partial charge is 0.461 e. The molecule has 0 aliphatic rings. The van der Waals surface area contributed by atoms with E-state index in [1.54, 1.807) is 27.1 Å². The highest BCUT2D eigenvalue weighted by atomic mass is 16.8. The van der Waals surface area contributed by atoms with Gasteiger partial charge in [0, 0.05) is 14.1 Å². The molecule has 0 radical (unpaired) electrons. The van der Waals surface area contributed by atoms with Crippen molar-refractivity contribution in [2.24, 2.45) is 5.16 Å². The number of hydrogen-bond acceptors (Lipinski definition) is 6. The van der Waals surface area contributed by atoms with Crippen LogP contribution in [0.2, 0.25) is 0 Å². The highest BCUT2D eigenvalue weighted by Crippen LogP contribution is 1.87. The maximum absolute atomic E-state index is 10.9. The summed E-state index contributed by atoms with van der Waals surface area (Å²) in [5.41, 5.74) is -0.407. The molecule has 0 aliphatic carbocycles. The van der Waals surface area contributed by atoms with Crippen LogP contribution in [-0.2, 0) is 14.5 Å². The molecule has 0 atom stereocenters. The monoisotopic (exact) mass is 185 g/mol. The van der Waals surface area contributed by atoms with Crippen molar-refractivity contribution in [1.82, 2.24) is 5.06 Å². The van der Waals surface area contributed by atoms with Crippen molar-refractivity contribution in [1.29, 1.82) is 5.26 Å². The second-order valence-corrected chi connectivity index (χ2v) is 2.17. The minimum atomic E-state index is -0.785. The fourth-order valence-corrected chi connectivity index (χ4v) is 0.425. The van der Waals surface area contributed by atoms with Crippen molar-refractivity contribution in [3.63, 3.8) is 0 Å². The molecule has 0 aromatic rings. The van der Waals surface area contributed by atoms with Crippen LogP contribution >= 0.6 is 0 Å². The van der Waals surface area contributed by atoms with E-state index in [1.807, 2.05) is 0 Å².